The first-order valence-electron chi connectivity index (χ1n) is 5.47. The molecule has 0 radical (unpaired) electrons. The summed E-state index contributed by atoms with van der Waals surface area (Å²) in [4.78, 5) is 15.6. The number of nitrogens with one attached hydrogen (secondary N) is 1. The van der Waals surface area contributed by atoms with Gasteiger partial charge in [0.25, 0.3) is 0 Å². The van der Waals surface area contributed by atoms with Gasteiger partial charge < -0.3 is 10.0 Å². The minimum absolute atomic E-state index is 0.0729. The maximum atomic E-state index is 10.1. The lowest BCUT2D eigenvalue weighted by Crippen LogP contribution is -2.26. The Hall–Kier alpha value is -2.44. The lowest BCUT2D eigenvalue weighted by atomic mass is 10.3. The largest absolute Gasteiger partial charge is 0.480 e. The molecule has 0 aliphatic carbocycles. The van der Waals surface area contributed by atoms with E-state index < -0.39 is 5.97 Å². The molecule has 7 nitrogen and oxygen atoms in total. The van der Waals surface area contributed by atoms with Crippen molar-refractivity contribution in [2.45, 2.75) is 0 Å². The second kappa shape index (κ2) is 5.76. The average Bonchev–Trinajstić information content (AvgIpc) is 2.98. The number of carboxylic acids is 1. The monoisotopic (exact) mass is 247 g/mol. The number of hydrogen-bond donors (Lipinski definition) is 2. The van der Waals surface area contributed by atoms with Crippen LogP contribution in [0.25, 0.3) is 11.0 Å². The quantitative estimate of drug-likeness (QED) is 0.799. The van der Waals surface area contributed by atoms with Crippen LogP contribution < -0.4 is 0 Å². The molecule has 0 saturated heterocycles. The molecule has 0 saturated carbocycles. The third-order valence-corrected chi connectivity index (χ3v) is 2.33. The van der Waals surface area contributed by atoms with Gasteiger partial charge in [-0.2, -0.15) is 0 Å². The first-order valence-corrected chi connectivity index (χ1v) is 5.47. The van der Waals surface area contributed by atoms with E-state index in [4.69, 9.17) is 5.11 Å². The molecule has 0 fully saturated rings. The van der Waals surface area contributed by atoms with Crippen molar-refractivity contribution in [2.75, 3.05) is 19.6 Å². The van der Waals surface area contributed by atoms with Gasteiger partial charge in [-0.1, -0.05) is 17.3 Å². The molecule has 0 bridgehead atoms. The molecule has 1 aliphatic rings. The van der Waals surface area contributed by atoms with Gasteiger partial charge in [0.2, 0.25) is 0 Å². The van der Waals surface area contributed by atoms with E-state index >= 15 is 0 Å². The predicted molar refractivity (Wildman–Crippen MR) is 66.5 cm³/mol. The molecule has 2 N–H and O–H groups in total. The van der Waals surface area contributed by atoms with Crippen LogP contribution in [0.1, 0.15) is 0 Å². The summed E-state index contributed by atoms with van der Waals surface area (Å²) < 4.78 is 0. The minimum Gasteiger partial charge on any atom is -0.480 e. The van der Waals surface area contributed by atoms with Crippen LogP contribution >= 0.6 is 0 Å². The first kappa shape index (κ1) is 12.0. The fraction of sp³-hybridized carbons (Fsp3) is 0.273. The number of hydrogen-bond acceptors (Lipinski definition) is 5. The van der Waals surface area contributed by atoms with E-state index in [1.165, 1.54) is 0 Å². The molecule has 7 heteroatoms. The van der Waals surface area contributed by atoms with Gasteiger partial charge in [-0.05, 0) is 12.1 Å². The van der Waals surface area contributed by atoms with Gasteiger partial charge in [-0.25, -0.2) is 0 Å². The van der Waals surface area contributed by atoms with E-state index in [1.807, 2.05) is 24.3 Å². The SMILES string of the molecule is O=C(O)CN1C=NCC1.c1ccc2[nH]nnc2c1. The van der Waals surface area contributed by atoms with Crippen LogP contribution in [0.2, 0.25) is 0 Å². The standard InChI is InChI=1S/C6H5N3.C5H8N2O2/c1-2-4-6-5(3-1)7-9-8-6;8-5(9)3-7-2-1-6-4-7/h1-4H,(H,7,8,9);4H,1-3H2,(H,8,9). The van der Waals surface area contributed by atoms with Crippen molar-refractivity contribution in [1.82, 2.24) is 20.3 Å². The van der Waals surface area contributed by atoms with Crippen molar-refractivity contribution < 1.29 is 9.90 Å². The van der Waals surface area contributed by atoms with Gasteiger partial charge in [0.05, 0.1) is 18.4 Å². The van der Waals surface area contributed by atoms with Crippen LogP contribution in [0.4, 0.5) is 0 Å². The summed E-state index contributed by atoms with van der Waals surface area (Å²) in [7, 11) is 0. The van der Waals surface area contributed by atoms with Crippen molar-refractivity contribution in [3.8, 4) is 0 Å². The number of aliphatic imine (C=N–C) groups is 1. The smallest absolute Gasteiger partial charge is 0.323 e. The Morgan fingerprint density at radius 2 is 2.28 bits per heavy atom. The zero-order valence-electron chi connectivity index (χ0n) is 9.65. The number of rotatable bonds is 2. The van der Waals surface area contributed by atoms with Gasteiger partial charge in [-0.3, -0.25) is 14.9 Å². The number of aromatic amines is 1. The molecule has 0 atom stereocenters. The Balaban J connectivity index is 0.000000134. The molecule has 2 heterocycles. The van der Waals surface area contributed by atoms with E-state index in [-0.39, 0.29) is 6.54 Å². The Bertz CT molecular complexity index is 521. The van der Waals surface area contributed by atoms with Gasteiger partial charge in [0.15, 0.2) is 0 Å². The van der Waals surface area contributed by atoms with Crippen LogP contribution in [0, 0.1) is 0 Å². The van der Waals surface area contributed by atoms with Crippen molar-refractivity contribution >= 4 is 23.3 Å². The molecule has 0 spiro atoms. The lowest BCUT2D eigenvalue weighted by Gasteiger charge is -2.08. The van der Waals surface area contributed by atoms with Gasteiger partial charge in [0.1, 0.15) is 12.1 Å². The average molecular weight is 247 g/mol. The molecule has 94 valence electrons. The van der Waals surface area contributed by atoms with Crippen LogP contribution in [-0.4, -0.2) is 57.4 Å². The normalized spacial score (nSPS) is 13.4. The maximum absolute atomic E-state index is 10.1. The summed E-state index contributed by atoms with van der Waals surface area (Å²) in [5.41, 5.74) is 1.90. The first-order chi connectivity index (χ1) is 8.75. The highest BCUT2D eigenvalue weighted by Gasteiger charge is 2.07. The molecule has 1 aliphatic heterocycles. The summed E-state index contributed by atoms with van der Waals surface area (Å²) in [6, 6.07) is 7.74. The highest BCUT2D eigenvalue weighted by atomic mass is 16.4. The molecular formula is C11H13N5O2. The van der Waals surface area contributed by atoms with Crippen LogP contribution in [0.3, 0.4) is 0 Å². The number of carbonyl (C=O) groups is 1. The third kappa shape index (κ3) is 3.27. The Morgan fingerprint density at radius 1 is 1.44 bits per heavy atom. The zero-order chi connectivity index (χ0) is 12.8. The number of benzene rings is 1. The number of aliphatic carboxylic acids is 1. The third-order valence-electron chi connectivity index (χ3n) is 2.33. The molecule has 18 heavy (non-hydrogen) atoms. The van der Waals surface area contributed by atoms with Gasteiger partial charge >= 0.3 is 5.97 Å². The molecule has 3 rings (SSSR count). The number of para-hydroxylation sites is 1. The molecule has 2 aromatic rings. The van der Waals surface area contributed by atoms with Gasteiger partial charge in [-0.15, -0.1) is 5.10 Å². The lowest BCUT2D eigenvalue weighted by molar-refractivity contribution is -0.137. The molecule has 0 unspecified atom stereocenters. The second-order valence-electron chi connectivity index (χ2n) is 3.71. The van der Waals surface area contributed by atoms with E-state index in [1.54, 1.807) is 11.2 Å². The van der Waals surface area contributed by atoms with E-state index in [0.29, 0.717) is 0 Å². The molecule has 0 amide bonds. The molecule has 1 aromatic heterocycles. The summed E-state index contributed by atoms with van der Waals surface area (Å²) in [5.74, 6) is -0.802. The van der Waals surface area contributed by atoms with Crippen molar-refractivity contribution in [1.29, 1.82) is 0 Å². The number of H-pyrrole nitrogens is 1. The summed E-state index contributed by atoms with van der Waals surface area (Å²) in [6.07, 6.45) is 1.58. The number of nitrogens with zero attached hydrogens (tertiary/aromatic N) is 4. The van der Waals surface area contributed by atoms with Crippen molar-refractivity contribution in [3.05, 3.63) is 24.3 Å². The summed E-state index contributed by atoms with van der Waals surface area (Å²) in [6.45, 7) is 1.54. The zero-order valence-corrected chi connectivity index (χ0v) is 9.65. The Kier molecular flexibility index (Phi) is 3.85. The van der Waals surface area contributed by atoms with Crippen molar-refractivity contribution in [2.24, 2.45) is 4.99 Å². The maximum Gasteiger partial charge on any atom is 0.323 e. The summed E-state index contributed by atoms with van der Waals surface area (Å²) in [5, 5.41) is 18.5. The van der Waals surface area contributed by atoms with Crippen LogP contribution in [0.15, 0.2) is 29.3 Å². The highest BCUT2D eigenvalue weighted by Crippen LogP contribution is 2.03. The molecular weight excluding hydrogens is 234 g/mol. The number of carboxylic acid groups (broad SMARTS) is 1. The number of aromatic nitrogens is 3. The fourth-order valence-corrected chi connectivity index (χ4v) is 1.50. The van der Waals surface area contributed by atoms with E-state index in [2.05, 4.69) is 20.4 Å². The topological polar surface area (TPSA) is 94.5 Å². The van der Waals surface area contributed by atoms with Crippen LogP contribution in [0.5, 0.6) is 0 Å². The number of fused-ring (bicyclic) bond motifs is 1. The van der Waals surface area contributed by atoms with Crippen LogP contribution in [-0.2, 0) is 4.79 Å². The molecule has 1 aromatic carbocycles. The Morgan fingerprint density at radius 3 is 2.94 bits per heavy atom. The van der Waals surface area contributed by atoms with E-state index in [9.17, 15) is 4.79 Å². The highest BCUT2D eigenvalue weighted by molar-refractivity contribution is 5.73. The minimum atomic E-state index is -0.802. The van der Waals surface area contributed by atoms with Gasteiger partial charge in [0, 0.05) is 6.54 Å². The summed E-state index contributed by atoms with van der Waals surface area (Å²) >= 11 is 0. The van der Waals surface area contributed by atoms with Crippen molar-refractivity contribution in [3.63, 3.8) is 0 Å². The second-order valence-corrected chi connectivity index (χ2v) is 3.71. The van der Waals surface area contributed by atoms with E-state index in [0.717, 1.165) is 24.1 Å². The predicted octanol–water partition coefficient (Wildman–Crippen LogP) is 0.373. The fourth-order valence-electron chi connectivity index (χ4n) is 1.50. The Labute approximate surface area is 103 Å².